The van der Waals surface area contributed by atoms with Gasteiger partial charge in [0.1, 0.15) is 25.9 Å². The van der Waals surface area contributed by atoms with Gasteiger partial charge in [-0.1, -0.05) is 0 Å². The van der Waals surface area contributed by atoms with Crippen molar-refractivity contribution in [2.24, 2.45) is 0 Å². The number of fused-ring (bicyclic) bond motifs is 4. The number of ether oxygens (including phenoxy) is 6. The number of aromatic nitrogens is 6. The van der Waals surface area contributed by atoms with Crippen molar-refractivity contribution >= 4 is 49.5 Å². The van der Waals surface area contributed by atoms with Gasteiger partial charge in [0.15, 0.2) is 46.1 Å². The summed E-state index contributed by atoms with van der Waals surface area (Å²) in [5.41, 5.74) is 4.34. The third-order valence-electron chi connectivity index (χ3n) is 11.7. The van der Waals surface area contributed by atoms with Crippen molar-refractivity contribution in [1.29, 1.82) is 0 Å². The minimum Gasteiger partial charge on any atom is -0.493 e. The number of nitrogens with one attached hydrogen (secondary N) is 3. The topological polar surface area (TPSA) is 171 Å². The molecule has 2 atom stereocenters. The second-order valence-electron chi connectivity index (χ2n) is 16.1. The summed E-state index contributed by atoms with van der Waals surface area (Å²) in [7, 11) is 3.12. The molecule has 0 unspecified atom stereocenters. The SMILES string of the molecule is COc1cc2c(Oc3ccc4[nH]c(C)cc4c3F)ncnc2cc1OC[C@@H]1CCCN1.COc1cc2c(Oc3ccc4[nH]c(C)cc4c3F)ncnc2cc1OC[C@@H]1CCCN1C(C)=O. The predicted octanol–water partition coefficient (Wildman–Crippen LogP) is 9.24. The molecule has 3 N–H and O–H groups in total. The Labute approximate surface area is 372 Å². The highest BCUT2D eigenvalue weighted by molar-refractivity contribution is 5.89. The van der Waals surface area contributed by atoms with Crippen LogP contribution in [-0.2, 0) is 4.79 Å². The average molecular weight is 887 g/mol. The van der Waals surface area contributed by atoms with Gasteiger partial charge in [-0.15, -0.1) is 0 Å². The van der Waals surface area contributed by atoms with Gasteiger partial charge in [-0.3, -0.25) is 4.79 Å². The Hall–Kier alpha value is -7.27. The van der Waals surface area contributed by atoms with Crippen molar-refractivity contribution < 1.29 is 42.0 Å². The van der Waals surface area contributed by atoms with Crippen LogP contribution in [0.15, 0.2) is 73.3 Å². The van der Waals surface area contributed by atoms with E-state index in [0.29, 0.717) is 80.3 Å². The zero-order valence-electron chi connectivity index (χ0n) is 36.6. The largest absolute Gasteiger partial charge is 0.493 e. The first-order chi connectivity index (χ1) is 31.6. The number of carbonyl (C=O) groups is 1. The first-order valence-electron chi connectivity index (χ1n) is 21.4. The fourth-order valence-electron chi connectivity index (χ4n) is 8.43. The average Bonchev–Trinajstić information content (AvgIpc) is 4.15. The highest BCUT2D eigenvalue weighted by atomic mass is 19.1. The highest BCUT2D eigenvalue weighted by Gasteiger charge is 2.28. The molecule has 2 aliphatic rings. The molecule has 10 rings (SSSR count). The Morgan fingerprint density at radius 2 is 1.20 bits per heavy atom. The number of H-pyrrole nitrogens is 2. The minimum absolute atomic E-state index is 0.0251. The van der Waals surface area contributed by atoms with Crippen LogP contribution in [0.4, 0.5) is 8.78 Å². The first-order valence-corrected chi connectivity index (χ1v) is 21.4. The van der Waals surface area contributed by atoms with Crippen LogP contribution in [0.2, 0.25) is 0 Å². The molecule has 4 aromatic heterocycles. The molecule has 15 nitrogen and oxygen atoms in total. The van der Waals surface area contributed by atoms with Crippen LogP contribution in [0.3, 0.4) is 0 Å². The number of rotatable bonds is 12. The molecule has 65 heavy (non-hydrogen) atoms. The van der Waals surface area contributed by atoms with Gasteiger partial charge in [0.2, 0.25) is 17.7 Å². The van der Waals surface area contributed by atoms with E-state index in [0.717, 1.165) is 55.7 Å². The number of likely N-dealkylation sites (tertiary alicyclic amines) is 1. The van der Waals surface area contributed by atoms with Crippen molar-refractivity contribution in [2.75, 3.05) is 40.5 Å². The van der Waals surface area contributed by atoms with E-state index in [1.54, 1.807) is 74.7 Å². The lowest BCUT2D eigenvalue weighted by Gasteiger charge is -2.23. The van der Waals surface area contributed by atoms with Crippen molar-refractivity contribution in [2.45, 2.75) is 58.5 Å². The quantitative estimate of drug-likeness (QED) is 0.106. The Morgan fingerprint density at radius 3 is 1.69 bits per heavy atom. The molecule has 6 heterocycles. The van der Waals surface area contributed by atoms with Crippen LogP contribution in [0.5, 0.6) is 46.3 Å². The predicted molar refractivity (Wildman–Crippen MR) is 241 cm³/mol. The maximum absolute atomic E-state index is 15.1. The monoisotopic (exact) mass is 886 g/mol. The molecule has 0 aliphatic carbocycles. The summed E-state index contributed by atoms with van der Waals surface area (Å²) in [6.07, 6.45) is 6.85. The number of aryl methyl sites for hydroxylation is 2. The number of benzene rings is 4. The number of hydrogen-bond donors (Lipinski definition) is 3. The summed E-state index contributed by atoms with van der Waals surface area (Å²) in [5.74, 6) is 1.88. The first kappa shape index (κ1) is 43.0. The van der Waals surface area contributed by atoms with E-state index in [-0.39, 0.29) is 35.2 Å². The number of hydrogen-bond acceptors (Lipinski definition) is 12. The zero-order valence-corrected chi connectivity index (χ0v) is 36.6. The number of carbonyl (C=O) groups excluding carboxylic acids is 1. The van der Waals surface area contributed by atoms with Crippen molar-refractivity contribution in [3.8, 4) is 46.3 Å². The third kappa shape index (κ3) is 8.96. The second kappa shape index (κ2) is 18.4. The number of aromatic amines is 2. The van der Waals surface area contributed by atoms with Crippen LogP contribution in [0, 0.1) is 25.5 Å². The van der Waals surface area contributed by atoms with E-state index in [1.807, 2.05) is 18.7 Å². The fraction of sp³-hybridized carbons (Fsp3) is 0.312. The van der Waals surface area contributed by atoms with Gasteiger partial charge in [0.25, 0.3) is 0 Å². The van der Waals surface area contributed by atoms with Gasteiger partial charge in [0.05, 0.1) is 42.1 Å². The van der Waals surface area contributed by atoms with Gasteiger partial charge >= 0.3 is 0 Å². The molecule has 0 spiro atoms. The smallest absolute Gasteiger partial charge is 0.230 e. The van der Waals surface area contributed by atoms with E-state index < -0.39 is 11.6 Å². The Balaban J connectivity index is 0.000000165. The van der Waals surface area contributed by atoms with Gasteiger partial charge in [-0.2, -0.15) is 0 Å². The molecule has 17 heteroatoms. The van der Waals surface area contributed by atoms with E-state index in [9.17, 15) is 9.18 Å². The van der Waals surface area contributed by atoms with Crippen molar-refractivity contribution in [1.82, 2.24) is 40.1 Å². The Kier molecular flexibility index (Phi) is 12.2. The van der Waals surface area contributed by atoms with E-state index >= 15 is 4.39 Å². The highest BCUT2D eigenvalue weighted by Crippen LogP contribution is 2.40. The standard InChI is InChI=1S/C25H25FN4O4.C23H23FN4O3/c1-14-9-17-19(29-14)6-7-21(24(17)26)34-25-18-10-22(32-3)23(11-20(18)27-13-28-25)33-12-16-5-4-8-30(16)15(2)31;1-13-8-15-17(28-13)5-6-19(22(15)24)31-23-16-9-20(29-2)21(10-18(16)26-12-27-23)30-11-14-4-3-7-25-14/h6-7,9-11,13,16,29H,4-5,8,12H2,1-3H3;5-6,8-10,12,14,25,28H,3-4,7,11H2,1-2H3/t16-;14-/m00/s1. The third-order valence-corrected chi connectivity index (χ3v) is 11.7. The van der Waals surface area contributed by atoms with Crippen molar-refractivity contribution in [3.63, 3.8) is 0 Å². The lowest BCUT2D eigenvalue weighted by atomic mass is 10.2. The zero-order chi connectivity index (χ0) is 45.2. The number of nitrogens with zero attached hydrogens (tertiary/aromatic N) is 5. The van der Waals surface area contributed by atoms with Crippen LogP contribution in [-0.4, -0.2) is 93.3 Å². The van der Waals surface area contributed by atoms with Crippen LogP contribution in [0.25, 0.3) is 43.6 Å². The maximum atomic E-state index is 15.1. The Morgan fingerprint density at radius 1 is 0.662 bits per heavy atom. The van der Waals surface area contributed by atoms with Crippen LogP contribution < -0.4 is 33.7 Å². The van der Waals surface area contributed by atoms with Crippen molar-refractivity contribution in [3.05, 3.63) is 96.3 Å². The fourth-order valence-corrected chi connectivity index (χ4v) is 8.43. The van der Waals surface area contributed by atoms with Gasteiger partial charge in [0, 0.05) is 64.8 Å². The van der Waals surface area contributed by atoms with Crippen LogP contribution in [0.1, 0.15) is 44.0 Å². The molecule has 2 saturated heterocycles. The van der Waals surface area contributed by atoms with Gasteiger partial charge in [-0.25, -0.2) is 28.7 Å². The number of halogens is 2. The summed E-state index contributed by atoms with van der Waals surface area (Å²) in [5, 5.41) is 5.50. The molecule has 0 radical (unpaired) electrons. The molecular formula is C48H48F2N8O7. The van der Waals surface area contributed by atoms with Gasteiger partial charge < -0.3 is 48.6 Å². The minimum atomic E-state index is -0.466. The van der Waals surface area contributed by atoms with E-state index in [1.165, 1.54) is 19.8 Å². The summed E-state index contributed by atoms with van der Waals surface area (Å²) in [6.45, 7) is 8.00. The summed E-state index contributed by atoms with van der Waals surface area (Å²) in [6, 6.07) is 17.6. The van der Waals surface area contributed by atoms with E-state index in [2.05, 4.69) is 35.2 Å². The van der Waals surface area contributed by atoms with E-state index in [4.69, 9.17) is 28.4 Å². The molecule has 0 bridgehead atoms. The molecular weight excluding hydrogens is 839 g/mol. The molecule has 2 aliphatic heterocycles. The lowest BCUT2D eigenvalue weighted by molar-refractivity contribution is -0.130. The second-order valence-corrected chi connectivity index (χ2v) is 16.1. The molecule has 0 saturated carbocycles. The summed E-state index contributed by atoms with van der Waals surface area (Å²) >= 11 is 0. The number of amides is 1. The normalized spacial score (nSPS) is 16.0. The number of methoxy groups -OCH3 is 2. The van der Waals surface area contributed by atoms with Crippen LogP contribution >= 0.6 is 0 Å². The molecule has 2 fully saturated rings. The Bertz CT molecular complexity index is 3040. The molecule has 1 amide bonds. The van der Waals surface area contributed by atoms with Gasteiger partial charge in [-0.05, 0) is 94.6 Å². The molecule has 4 aromatic carbocycles. The lowest BCUT2D eigenvalue weighted by Crippen LogP contribution is -2.37. The maximum Gasteiger partial charge on any atom is 0.230 e. The molecule has 8 aromatic rings. The molecule has 336 valence electrons. The summed E-state index contributed by atoms with van der Waals surface area (Å²) in [4.78, 5) is 37.0. The summed E-state index contributed by atoms with van der Waals surface area (Å²) < 4.78 is 64.9.